The van der Waals surface area contributed by atoms with Crippen LogP contribution < -0.4 is 0 Å². The lowest BCUT2D eigenvalue weighted by Crippen LogP contribution is -2.55. The van der Waals surface area contributed by atoms with Crippen LogP contribution in [0.25, 0.3) is 21.8 Å². The highest BCUT2D eigenvalue weighted by Crippen LogP contribution is 2.32. The van der Waals surface area contributed by atoms with Crippen molar-refractivity contribution in [3.8, 4) is 0 Å². The molecule has 4 rings (SSSR count). The minimum atomic E-state index is -1.42. The number of ether oxygens (including phenoxy) is 1. The molecule has 2 aromatic carbocycles. The third-order valence-corrected chi connectivity index (χ3v) is 4.53. The Bertz CT molecular complexity index is 825. The zero-order valence-corrected chi connectivity index (χ0v) is 12.7. The van der Waals surface area contributed by atoms with Crippen LogP contribution in [0.2, 0.25) is 0 Å². The fraction of sp³-hybridized carbons (Fsp3) is 0.353. The van der Waals surface area contributed by atoms with Crippen molar-refractivity contribution in [2.45, 2.75) is 30.5 Å². The molecule has 1 aliphatic rings. The Kier molecular flexibility index (Phi) is 3.75. The first-order chi connectivity index (χ1) is 11.6. The summed E-state index contributed by atoms with van der Waals surface area (Å²) in [5, 5.41) is 41.4. The van der Waals surface area contributed by atoms with Crippen molar-refractivity contribution in [3.63, 3.8) is 0 Å². The molecule has 7 nitrogen and oxygen atoms in total. The van der Waals surface area contributed by atoms with Crippen molar-refractivity contribution in [1.82, 2.24) is 9.97 Å². The third-order valence-electron chi connectivity index (χ3n) is 4.53. The molecule has 7 heteroatoms. The predicted octanol–water partition coefficient (Wildman–Crippen LogP) is 0.231. The second-order valence-corrected chi connectivity index (χ2v) is 6.09. The van der Waals surface area contributed by atoms with Crippen LogP contribution in [0, 0.1) is 0 Å². The van der Waals surface area contributed by atoms with Crippen molar-refractivity contribution in [1.29, 1.82) is 0 Å². The van der Waals surface area contributed by atoms with Gasteiger partial charge in [-0.25, -0.2) is 4.98 Å². The van der Waals surface area contributed by atoms with Gasteiger partial charge in [-0.05, 0) is 22.9 Å². The van der Waals surface area contributed by atoms with Crippen molar-refractivity contribution in [3.05, 3.63) is 42.2 Å². The van der Waals surface area contributed by atoms with E-state index in [4.69, 9.17) is 4.74 Å². The summed E-state index contributed by atoms with van der Waals surface area (Å²) in [7, 11) is 0. The summed E-state index contributed by atoms with van der Waals surface area (Å²) in [6, 6.07) is 11.7. The highest BCUT2D eigenvalue weighted by molar-refractivity contribution is 5.95. The van der Waals surface area contributed by atoms with Gasteiger partial charge in [0, 0.05) is 0 Å². The molecule has 0 amide bonds. The number of H-pyrrole nitrogens is 1. The Hall–Kier alpha value is -2.03. The first-order valence-corrected chi connectivity index (χ1v) is 7.77. The van der Waals surface area contributed by atoms with Crippen molar-refractivity contribution in [2.24, 2.45) is 0 Å². The molecule has 24 heavy (non-hydrogen) atoms. The molecule has 2 heterocycles. The van der Waals surface area contributed by atoms with Crippen LogP contribution in [0.3, 0.4) is 0 Å². The lowest BCUT2D eigenvalue weighted by Gasteiger charge is -2.39. The number of aliphatic hydroxyl groups is 4. The molecule has 0 spiro atoms. The van der Waals surface area contributed by atoms with Gasteiger partial charge in [-0.2, -0.15) is 0 Å². The molecule has 5 N–H and O–H groups in total. The molecule has 1 fully saturated rings. The van der Waals surface area contributed by atoms with E-state index in [-0.39, 0.29) is 0 Å². The SMILES string of the molecule is OC[C@H]1O[C@@H](c2nc3cc4ccccc4cc3[nH]2)[C@H](O)[C@@H](O)[C@@H]1O. The number of aromatic amines is 1. The topological polar surface area (TPSA) is 119 Å². The quantitative estimate of drug-likeness (QED) is 0.459. The number of aromatic nitrogens is 2. The van der Waals surface area contributed by atoms with Gasteiger partial charge in [0.15, 0.2) is 0 Å². The van der Waals surface area contributed by atoms with E-state index in [1.54, 1.807) is 0 Å². The summed E-state index contributed by atoms with van der Waals surface area (Å²) in [5.41, 5.74) is 1.49. The Morgan fingerprint density at radius 1 is 1.00 bits per heavy atom. The molecular formula is C17H18N2O5. The summed E-state index contributed by atoms with van der Waals surface area (Å²) in [6.45, 7) is -0.467. The molecule has 126 valence electrons. The monoisotopic (exact) mass is 330 g/mol. The molecule has 0 bridgehead atoms. The van der Waals surface area contributed by atoms with Crippen LogP contribution in [0.4, 0.5) is 0 Å². The summed E-state index contributed by atoms with van der Waals surface area (Å²) in [5.74, 6) is 0.345. The molecule has 0 saturated carbocycles. The van der Waals surface area contributed by atoms with E-state index in [1.807, 2.05) is 36.4 Å². The van der Waals surface area contributed by atoms with Gasteiger partial charge >= 0.3 is 0 Å². The van der Waals surface area contributed by atoms with E-state index in [9.17, 15) is 20.4 Å². The highest BCUT2D eigenvalue weighted by atomic mass is 16.5. The van der Waals surface area contributed by atoms with Crippen LogP contribution in [-0.4, -0.2) is 61.4 Å². The maximum Gasteiger partial charge on any atom is 0.144 e. The van der Waals surface area contributed by atoms with Crippen LogP contribution in [0.1, 0.15) is 11.9 Å². The number of rotatable bonds is 2. The molecule has 0 unspecified atom stereocenters. The number of benzene rings is 2. The standard InChI is InChI=1S/C17H18N2O5/c20-7-12-13(21)14(22)15(23)16(24-12)17-18-10-5-8-3-1-2-4-9(8)6-11(10)19-17/h1-6,12-16,20-23H,7H2,(H,18,19)/t12-,13-,14+,15-,16-/m1/s1. The molecular weight excluding hydrogens is 312 g/mol. The summed E-state index contributed by atoms with van der Waals surface area (Å²) in [4.78, 5) is 7.55. The van der Waals surface area contributed by atoms with Gasteiger partial charge in [0.25, 0.3) is 0 Å². The Balaban J connectivity index is 1.76. The van der Waals surface area contributed by atoms with Gasteiger partial charge in [-0.1, -0.05) is 24.3 Å². The molecule has 3 aromatic rings. The minimum Gasteiger partial charge on any atom is -0.394 e. The smallest absolute Gasteiger partial charge is 0.144 e. The van der Waals surface area contributed by atoms with E-state index in [1.165, 1.54) is 0 Å². The number of nitrogens with one attached hydrogen (secondary N) is 1. The highest BCUT2D eigenvalue weighted by Gasteiger charge is 2.45. The third kappa shape index (κ3) is 2.38. The first kappa shape index (κ1) is 15.5. The predicted molar refractivity (Wildman–Crippen MR) is 86.3 cm³/mol. The second-order valence-electron chi connectivity index (χ2n) is 6.09. The Labute approximate surface area is 137 Å². The Morgan fingerprint density at radius 3 is 2.42 bits per heavy atom. The molecule has 0 radical (unpaired) electrons. The maximum atomic E-state index is 10.2. The van der Waals surface area contributed by atoms with E-state index >= 15 is 0 Å². The first-order valence-electron chi connectivity index (χ1n) is 7.77. The van der Waals surface area contributed by atoms with Crippen LogP contribution in [0.5, 0.6) is 0 Å². The van der Waals surface area contributed by atoms with Gasteiger partial charge in [0.1, 0.15) is 36.3 Å². The van der Waals surface area contributed by atoms with E-state index in [0.29, 0.717) is 11.3 Å². The van der Waals surface area contributed by atoms with E-state index in [0.717, 1.165) is 16.3 Å². The summed E-state index contributed by atoms with van der Waals surface area (Å²) < 4.78 is 5.54. The maximum absolute atomic E-state index is 10.2. The van der Waals surface area contributed by atoms with Crippen molar-refractivity contribution in [2.75, 3.05) is 6.61 Å². The van der Waals surface area contributed by atoms with Gasteiger partial charge < -0.3 is 30.1 Å². The van der Waals surface area contributed by atoms with Gasteiger partial charge in [0.2, 0.25) is 0 Å². The second kappa shape index (κ2) is 5.80. The molecule has 1 aromatic heterocycles. The van der Waals surface area contributed by atoms with Crippen LogP contribution >= 0.6 is 0 Å². The largest absolute Gasteiger partial charge is 0.394 e. The number of aliphatic hydroxyl groups excluding tert-OH is 4. The zero-order chi connectivity index (χ0) is 16.8. The number of nitrogens with zero attached hydrogens (tertiary/aromatic N) is 1. The van der Waals surface area contributed by atoms with Crippen molar-refractivity contribution < 1.29 is 25.2 Å². The molecule has 5 atom stereocenters. The van der Waals surface area contributed by atoms with Crippen LogP contribution in [-0.2, 0) is 4.74 Å². The lowest BCUT2D eigenvalue weighted by atomic mass is 9.95. The normalized spacial score (nSPS) is 30.9. The minimum absolute atomic E-state index is 0.345. The van der Waals surface area contributed by atoms with Crippen LogP contribution in [0.15, 0.2) is 36.4 Å². The molecule has 1 aliphatic heterocycles. The zero-order valence-electron chi connectivity index (χ0n) is 12.7. The average molecular weight is 330 g/mol. The number of hydrogen-bond acceptors (Lipinski definition) is 6. The Morgan fingerprint density at radius 2 is 1.71 bits per heavy atom. The van der Waals surface area contributed by atoms with Gasteiger partial charge in [-0.15, -0.1) is 0 Å². The fourth-order valence-electron chi connectivity index (χ4n) is 3.18. The molecule has 0 aliphatic carbocycles. The van der Waals surface area contributed by atoms with E-state index in [2.05, 4.69) is 9.97 Å². The summed E-state index contributed by atoms with van der Waals surface area (Å²) in [6.07, 6.45) is -6.07. The van der Waals surface area contributed by atoms with Gasteiger partial charge in [-0.3, -0.25) is 0 Å². The summed E-state index contributed by atoms with van der Waals surface area (Å²) >= 11 is 0. The number of fused-ring (bicyclic) bond motifs is 2. The number of hydrogen-bond donors (Lipinski definition) is 5. The molecule has 1 saturated heterocycles. The van der Waals surface area contributed by atoms with Crippen molar-refractivity contribution >= 4 is 21.8 Å². The number of imidazole rings is 1. The fourth-order valence-corrected chi connectivity index (χ4v) is 3.18. The van der Waals surface area contributed by atoms with Gasteiger partial charge in [0.05, 0.1) is 17.6 Å². The lowest BCUT2D eigenvalue weighted by molar-refractivity contribution is -0.233. The van der Waals surface area contributed by atoms with E-state index < -0.39 is 37.1 Å². The average Bonchev–Trinajstić information content (AvgIpc) is 3.00.